The molecule has 0 atom stereocenters. The van der Waals surface area contributed by atoms with Crippen LogP contribution in [0.15, 0.2) is 40.4 Å². The second-order valence-electron chi connectivity index (χ2n) is 6.52. The number of benzene rings is 1. The van der Waals surface area contributed by atoms with Crippen LogP contribution in [0.4, 0.5) is 0 Å². The molecule has 1 aromatic carbocycles. The van der Waals surface area contributed by atoms with Crippen molar-refractivity contribution in [1.82, 2.24) is 20.1 Å². The zero-order valence-electron chi connectivity index (χ0n) is 14.1. The van der Waals surface area contributed by atoms with Gasteiger partial charge in [0.15, 0.2) is 5.16 Å². The Balaban J connectivity index is 1.21. The third kappa shape index (κ3) is 4.58. The van der Waals surface area contributed by atoms with E-state index in [1.165, 1.54) is 42.3 Å². The summed E-state index contributed by atoms with van der Waals surface area (Å²) in [5.74, 6) is 3.10. The smallest absolute Gasteiger partial charge is 0.230 e. The van der Waals surface area contributed by atoms with Gasteiger partial charge in [0.05, 0.1) is 5.75 Å². The van der Waals surface area contributed by atoms with Crippen molar-refractivity contribution in [3.8, 4) is 0 Å². The van der Waals surface area contributed by atoms with E-state index in [1.807, 2.05) is 18.2 Å². The predicted octanol–water partition coefficient (Wildman–Crippen LogP) is 3.49. The van der Waals surface area contributed by atoms with Gasteiger partial charge < -0.3 is 9.88 Å². The molecule has 0 spiro atoms. The average Bonchev–Trinajstić information content (AvgIpc) is 3.56. The summed E-state index contributed by atoms with van der Waals surface area (Å²) in [5, 5.41) is 12.6. The van der Waals surface area contributed by atoms with E-state index >= 15 is 0 Å². The van der Waals surface area contributed by atoms with Crippen molar-refractivity contribution >= 4 is 29.4 Å². The minimum Gasteiger partial charge on any atom is -0.355 e. The number of hydrogen-bond acceptors (Lipinski definition) is 5. The number of thioether (sulfide) groups is 2. The molecule has 2 fully saturated rings. The summed E-state index contributed by atoms with van der Waals surface area (Å²) in [5.41, 5.74) is 0. The van der Waals surface area contributed by atoms with Crippen molar-refractivity contribution in [2.24, 2.45) is 0 Å². The molecule has 0 bridgehead atoms. The minimum atomic E-state index is 0.0666. The standard InChI is InChI=1S/C18H22N4OS2/c23-16(19-10-11-24-15-4-2-1-3-5-15)12-25-18-21-20-17(13-6-7-13)22(18)14-8-9-14/h1-5,13-14H,6-12H2,(H,19,23). The number of rotatable bonds is 9. The summed E-state index contributed by atoms with van der Waals surface area (Å²) in [6.45, 7) is 0.682. The van der Waals surface area contributed by atoms with Crippen LogP contribution in [-0.4, -0.2) is 38.7 Å². The highest BCUT2D eigenvalue weighted by atomic mass is 32.2. The second kappa shape index (κ2) is 7.83. The lowest BCUT2D eigenvalue weighted by atomic mass is 10.4. The fraction of sp³-hybridized carbons (Fsp3) is 0.500. The van der Waals surface area contributed by atoms with Crippen LogP contribution in [0.2, 0.25) is 0 Å². The van der Waals surface area contributed by atoms with E-state index in [-0.39, 0.29) is 5.91 Å². The van der Waals surface area contributed by atoms with Gasteiger partial charge in [-0.15, -0.1) is 22.0 Å². The Hall–Kier alpha value is -1.47. The van der Waals surface area contributed by atoms with Crippen LogP contribution >= 0.6 is 23.5 Å². The van der Waals surface area contributed by atoms with Crippen LogP contribution in [0, 0.1) is 0 Å². The lowest BCUT2D eigenvalue weighted by Gasteiger charge is -2.08. The molecular weight excluding hydrogens is 352 g/mol. The van der Waals surface area contributed by atoms with Crippen molar-refractivity contribution in [3.63, 3.8) is 0 Å². The fourth-order valence-corrected chi connectivity index (χ4v) is 4.37. The second-order valence-corrected chi connectivity index (χ2v) is 8.63. The fourth-order valence-electron chi connectivity index (χ4n) is 2.74. The predicted molar refractivity (Wildman–Crippen MR) is 101 cm³/mol. The summed E-state index contributed by atoms with van der Waals surface area (Å²) in [6.07, 6.45) is 4.90. The van der Waals surface area contributed by atoms with Gasteiger partial charge in [-0.3, -0.25) is 4.79 Å². The van der Waals surface area contributed by atoms with Crippen molar-refractivity contribution in [2.75, 3.05) is 18.1 Å². The lowest BCUT2D eigenvalue weighted by Crippen LogP contribution is -2.27. The van der Waals surface area contributed by atoms with E-state index in [0.29, 0.717) is 24.3 Å². The number of nitrogens with one attached hydrogen (secondary N) is 1. The molecule has 1 aromatic heterocycles. The summed E-state index contributed by atoms with van der Waals surface area (Å²) in [7, 11) is 0. The minimum absolute atomic E-state index is 0.0666. The molecule has 25 heavy (non-hydrogen) atoms. The highest BCUT2D eigenvalue weighted by Crippen LogP contribution is 2.45. The van der Waals surface area contributed by atoms with Gasteiger partial charge in [-0.1, -0.05) is 30.0 Å². The van der Waals surface area contributed by atoms with Crippen LogP contribution in [0.3, 0.4) is 0 Å². The summed E-state index contributed by atoms with van der Waals surface area (Å²) in [6, 6.07) is 10.8. The first-order valence-corrected chi connectivity index (χ1v) is 10.8. The van der Waals surface area contributed by atoms with Crippen LogP contribution in [-0.2, 0) is 4.79 Å². The van der Waals surface area contributed by atoms with E-state index in [2.05, 4.69) is 32.2 Å². The summed E-state index contributed by atoms with van der Waals surface area (Å²) in [4.78, 5) is 13.3. The Morgan fingerprint density at radius 1 is 1.12 bits per heavy atom. The molecule has 1 N–H and O–H groups in total. The van der Waals surface area contributed by atoms with Gasteiger partial charge in [-0.2, -0.15) is 0 Å². The Labute approximate surface area is 156 Å². The van der Waals surface area contributed by atoms with E-state index in [1.54, 1.807) is 11.8 Å². The SMILES string of the molecule is O=C(CSc1nnc(C2CC2)n1C1CC1)NCCSc1ccccc1. The van der Waals surface area contributed by atoms with Gasteiger partial charge in [-0.25, -0.2) is 0 Å². The maximum Gasteiger partial charge on any atom is 0.230 e. The summed E-state index contributed by atoms with van der Waals surface area (Å²) < 4.78 is 2.29. The van der Waals surface area contributed by atoms with Crippen LogP contribution in [0.5, 0.6) is 0 Å². The average molecular weight is 375 g/mol. The van der Waals surface area contributed by atoms with Gasteiger partial charge in [0.25, 0.3) is 0 Å². The van der Waals surface area contributed by atoms with Crippen molar-refractivity contribution < 1.29 is 4.79 Å². The summed E-state index contributed by atoms with van der Waals surface area (Å²) >= 11 is 3.27. The molecule has 2 aromatic rings. The number of carbonyl (C=O) groups is 1. The van der Waals surface area contributed by atoms with E-state index in [0.717, 1.165) is 16.7 Å². The molecule has 0 aliphatic heterocycles. The first kappa shape index (κ1) is 17.0. The van der Waals surface area contributed by atoms with E-state index in [9.17, 15) is 4.79 Å². The number of carbonyl (C=O) groups excluding carboxylic acids is 1. The Bertz CT molecular complexity index is 726. The highest BCUT2D eigenvalue weighted by molar-refractivity contribution is 7.99. The molecule has 2 aliphatic carbocycles. The maximum atomic E-state index is 12.1. The van der Waals surface area contributed by atoms with Crippen LogP contribution < -0.4 is 5.32 Å². The third-order valence-corrected chi connectivity index (χ3v) is 6.27. The highest BCUT2D eigenvalue weighted by Gasteiger charge is 2.36. The molecule has 2 saturated carbocycles. The molecule has 2 aliphatic rings. The van der Waals surface area contributed by atoms with Gasteiger partial charge in [0.2, 0.25) is 5.91 Å². The lowest BCUT2D eigenvalue weighted by molar-refractivity contribution is -0.118. The zero-order valence-corrected chi connectivity index (χ0v) is 15.7. The molecule has 0 saturated heterocycles. The number of nitrogens with zero attached hydrogens (tertiary/aromatic N) is 3. The number of aromatic nitrogens is 3. The monoisotopic (exact) mass is 374 g/mol. The largest absolute Gasteiger partial charge is 0.355 e. The normalized spacial score (nSPS) is 16.8. The number of hydrogen-bond donors (Lipinski definition) is 1. The Kier molecular flexibility index (Phi) is 5.31. The van der Waals surface area contributed by atoms with Crippen molar-refractivity contribution in [3.05, 3.63) is 36.2 Å². The first-order chi connectivity index (χ1) is 12.3. The van der Waals surface area contributed by atoms with Crippen LogP contribution in [0.25, 0.3) is 0 Å². The Morgan fingerprint density at radius 3 is 2.64 bits per heavy atom. The van der Waals surface area contributed by atoms with Crippen LogP contribution in [0.1, 0.15) is 43.5 Å². The molecule has 5 nitrogen and oxygen atoms in total. The molecule has 0 radical (unpaired) electrons. The molecule has 132 valence electrons. The van der Waals surface area contributed by atoms with Gasteiger partial charge in [-0.05, 0) is 37.8 Å². The topological polar surface area (TPSA) is 59.8 Å². The quantitative estimate of drug-likeness (QED) is 0.538. The van der Waals surface area contributed by atoms with Crippen molar-refractivity contribution in [2.45, 2.75) is 47.7 Å². The third-order valence-electron chi connectivity index (χ3n) is 4.31. The van der Waals surface area contributed by atoms with Gasteiger partial charge in [0.1, 0.15) is 5.82 Å². The number of amides is 1. The van der Waals surface area contributed by atoms with Gasteiger partial charge >= 0.3 is 0 Å². The molecule has 4 rings (SSSR count). The Morgan fingerprint density at radius 2 is 1.92 bits per heavy atom. The van der Waals surface area contributed by atoms with Gasteiger partial charge in [0, 0.05) is 29.2 Å². The molecule has 1 heterocycles. The van der Waals surface area contributed by atoms with E-state index < -0.39 is 0 Å². The molecule has 1 amide bonds. The molecular formula is C18H22N4OS2. The molecule has 7 heteroatoms. The first-order valence-electron chi connectivity index (χ1n) is 8.83. The molecule has 0 unspecified atom stereocenters. The maximum absolute atomic E-state index is 12.1. The van der Waals surface area contributed by atoms with E-state index in [4.69, 9.17) is 0 Å². The van der Waals surface area contributed by atoms with Crippen molar-refractivity contribution in [1.29, 1.82) is 0 Å². The zero-order chi connectivity index (χ0) is 17.1.